The average molecular weight is 239 g/mol. The van der Waals surface area contributed by atoms with E-state index in [1.807, 2.05) is 0 Å². The summed E-state index contributed by atoms with van der Waals surface area (Å²) in [4.78, 5) is 24.9. The fourth-order valence-electron chi connectivity index (χ4n) is 2.94. The highest BCUT2D eigenvalue weighted by Crippen LogP contribution is 2.33. The van der Waals surface area contributed by atoms with Crippen molar-refractivity contribution in [1.82, 2.24) is 4.90 Å². The average Bonchev–Trinajstić information content (AvgIpc) is 2.88. The van der Waals surface area contributed by atoms with Gasteiger partial charge in [-0.25, -0.2) is 0 Å². The highest BCUT2D eigenvalue weighted by atomic mass is 16.4. The molecule has 96 valence electrons. The second-order valence-electron chi connectivity index (χ2n) is 5.79. The monoisotopic (exact) mass is 239 g/mol. The van der Waals surface area contributed by atoms with E-state index in [0.717, 1.165) is 12.8 Å². The van der Waals surface area contributed by atoms with E-state index in [9.17, 15) is 9.59 Å². The van der Waals surface area contributed by atoms with Gasteiger partial charge in [0.2, 0.25) is 5.91 Å². The number of rotatable bonds is 3. The molecule has 2 rings (SSSR count). The van der Waals surface area contributed by atoms with E-state index in [2.05, 4.69) is 0 Å². The van der Waals surface area contributed by atoms with Crippen LogP contribution in [0, 0.1) is 11.3 Å². The molecule has 0 spiro atoms. The Hall–Kier alpha value is -1.06. The van der Waals surface area contributed by atoms with Crippen LogP contribution in [0.1, 0.15) is 45.4 Å². The smallest absolute Gasteiger partial charge is 0.311 e. The number of hydrogen-bond acceptors (Lipinski definition) is 2. The van der Waals surface area contributed by atoms with Crippen LogP contribution < -0.4 is 0 Å². The molecule has 0 aromatic heterocycles. The summed E-state index contributed by atoms with van der Waals surface area (Å²) in [6, 6.07) is 0. The molecule has 1 atom stereocenters. The lowest BCUT2D eigenvalue weighted by molar-refractivity contribution is -0.147. The summed E-state index contributed by atoms with van der Waals surface area (Å²) in [6.07, 6.45) is 6.01. The van der Waals surface area contributed by atoms with Crippen molar-refractivity contribution in [3.8, 4) is 0 Å². The number of carboxylic acid groups (broad SMARTS) is 1. The van der Waals surface area contributed by atoms with E-state index in [-0.39, 0.29) is 5.91 Å². The van der Waals surface area contributed by atoms with Gasteiger partial charge in [-0.15, -0.1) is 0 Å². The lowest BCUT2D eigenvalue weighted by Gasteiger charge is -2.21. The molecular formula is C13H21NO3. The van der Waals surface area contributed by atoms with Crippen molar-refractivity contribution < 1.29 is 14.7 Å². The zero-order valence-electron chi connectivity index (χ0n) is 10.4. The summed E-state index contributed by atoms with van der Waals surface area (Å²) in [7, 11) is 0. The van der Waals surface area contributed by atoms with Crippen molar-refractivity contribution >= 4 is 11.9 Å². The van der Waals surface area contributed by atoms with Gasteiger partial charge in [0.1, 0.15) is 0 Å². The van der Waals surface area contributed by atoms with Crippen LogP contribution in [-0.4, -0.2) is 35.0 Å². The normalized spacial score (nSPS) is 29.8. The minimum absolute atomic E-state index is 0.155. The number of amides is 1. The molecule has 1 aliphatic carbocycles. The molecule has 1 saturated carbocycles. The first-order chi connectivity index (χ1) is 8.01. The molecule has 0 radical (unpaired) electrons. The largest absolute Gasteiger partial charge is 0.481 e. The molecule has 4 heteroatoms. The topological polar surface area (TPSA) is 57.6 Å². The highest BCUT2D eigenvalue weighted by Gasteiger charge is 2.42. The van der Waals surface area contributed by atoms with Crippen molar-refractivity contribution in [1.29, 1.82) is 0 Å². The fraction of sp³-hybridized carbons (Fsp3) is 0.846. The van der Waals surface area contributed by atoms with Crippen molar-refractivity contribution in [3.05, 3.63) is 0 Å². The fourth-order valence-corrected chi connectivity index (χ4v) is 2.94. The van der Waals surface area contributed by atoms with Crippen LogP contribution in [0.3, 0.4) is 0 Å². The Bertz CT molecular complexity index is 323. The van der Waals surface area contributed by atoms with Gasteiger partial charge in [0, 0.05) is 19.5 Å². The Morgan fingerprint density at radius 1 is 1.35 bits per heavy atom. The molecule has 2 fully saturated rings. The third kappa shape index (κ3) is 2.61. The predicted octanol–water partition coefficient (Wildman–Crippen LogP) is 1.89. The van der Waals surface area contributed by atoms with Gasteiger partial charge in [0.15, 0.2) is 0 Å². The Morgan fingerprint density at radius 3 is 2.53 bits per heavy atom. The summed E-state index contributed by atoms with van der Waals surface area (Å²) in [5.41, 5.74) is -0.731. The quantitative estimate of drug-likeness (QED) is 0.818. The molecule has 1 saturated heterocycles. The summed E-state index contributed by atoms with van der Waals surface area (Å²) in [5.74, 6) is -0.0882. The maximum absolute atomic E-state index is 12.0. The summed E-state index contributed by atoms with van der Waals surface area (Å²) >= 11 is 0. The molecule has 1 aliphatic heterocycles. The van der Waals surface area contributed by atoms with Crippen molar-refractivity contribution in [2.45, 2.75) is 45.4 Å². The van der Waals surface area contributed by atoms with E-state index in [1.165, 1.54) is 12.8 Å². The van der Waals surface area contributed by atoms with E-state index < -0.39 is 11.4 Å². The van der Waals surface area contributed by atoms with Crippen LogP contribution in [0.25, 0.3) is 0 Å². The number of hydrogen-bond donors (Lipinski definition) is 1. The van der Waals surface area contributed by atoms with Gasteiger partial charge >= 0.3 is 5.97 Å². The molecule has 1 heterocycles. The number of nitrogens with zero attached hydrogens (tertiary/aromatic N) is 1. The first-order valence-electron chi connectivity index (χ1n) is 6.52. The zero-order valence-corrected chi connectivity index (χ0v) is 10.4. The summed E-state index contributed by atoms with van der Waals surface area (Å²) < 4.78 is 0. The van der Waals surface area contributed by atoms with Crippen LogP contribution in [0.4, 0.5) is 0 Å². The van der Waals surface area contributed by atoms with E-state index >= 15 is 0 Å². The second kappa shape index (κ2) is 4.67. The Balaban J connectivity index is 1.87. The minimum Gasteiger partial charge on any atom is -0.481 e. The molecule has 2 aliphatic rings. The predicted molar refractivity (Wildman–Crippen MR) is 63.5 cm³/mol. The molecule has 0 bridgehead atoms. The van der Waals surface area contributed by atoms with Crippen molar-refractivity contribution in [3.63, 3.8) is 0 Å². The van der Waals surface area contributed by atoms with Gasteiger partial charge in [0.05, 0.1) is 5.41 Å². The lowest BCUT2D eigenvalue weighted by atomic mass is 9.90. The molecule has 0 aromatic rings. The third-order valence-electron chi connectivity index (χ3n) is 4.28. The number of carbonyl (C=O) groups excluding carboxylic acids is 1. The lowest BCUT2D eigenvalue weighted by Crippen LogP contribution is -2.35. The molecular weight excluding hydrogens is 218 g/mol. The molecule has 1 unspecified atom stereocenters. The second-order valence-corrected chi connectivity index (χ2v) is 5.79. The van der Waals surface area contributed by atoms with Crippen LogP contribution in [0.2, 0.25) is 0 Å². The van der Waals surface area contributed by atoms with Gasteiger partial charge in [-0.2, -0.15) is 0 Å². The maximum Gasteiger partial charge on any atom is 0.311 e. The van der Waals surface area contributed by atoms with Crippen LogP contribution in [0.15, 0.2) is 0 Å². The summed E-state index contributed by atoms with van der Waals surface area (Å²) in [5, 5.41) is 9.12. The standard InChI is InChI=1S/C13H21NO3/c1-13(12(16)17)6-7-14(9-13)11(15)8-10-4-2-3-5-10/h10H,2-9H2,1H3,(H,16,17). The van der Waals surface area contributed by atoms with Gasteiger partial charge in [0.25, 0.3) is 0 Å². The van der Waals surface area contributed by atoms with Crippen LogP contribution >= 0.6 is 0 Å². The molecule has 17 heavy (non-hydrogen) atoms. The molecule has 1 N–H and O–H groups in total. The SMILES string of the molecule is CC1(C(=O)O)CCN(C(=O)CC2CCCC2)C1. The van der Waals surface area contributed by atoms with Gasteiger partial charge in [-0.3, -0.25) is 9.59 Å². The maximum atomic E-state index is 12.0. The number of carbonyl (C=O) groups is 2. The minimum atomic E-state index is -0.784. The first-order valence-corrected chi connectivity index (χ1v) is 6.52. The molecule has 0 aromatic carbocycles. The van der Waals surface area contributed by atoms with E-state index in [4.69, 9.17) is 5.11 Å². The summed E-state index contributed by atoms with van der Waals surface area (Å²) in [6.45, 7) is 2.72. The van der Waals surface area contributed by atoms with Crippen molar-refractivity contribution in [2.24, 2.45) is 11.3 Å². The van der Waals surface area contributed by atoms with E-state index in [1.54, 1.807) is 11.8 Å². The van der Waals surface area contributed by atoms with Gasteiger partial charge < -0.3 is 10.0 Å². The van der Waals surface area contributed by atoms with Gasteiger partial charge in [-0.05, 0) is 32.1 Å². The molecule has 1 amide bonds. The van der Waals surface area contributed by atoms with Crippen LogP contribution in [-0.2, 0) is 9.59 Å². The van der Waals surface area contributed by atoms with Crippen molar-refractivity contribution in [2.75, 3.05) is 13.1 Å². The Morgan fingerprint density at radius 2 is 2.00 bits per heavy atom. The van der Waals surface area contributed by atoms with Gasteiger partial charge in [-0.1, -0.05) is 12.8 Å². The third-order valence-corrected chi connectivity index (χ3v) is 4.28. The zero-order chi connectivity index (χ0) is 12.5. The Kier molecular flexibility index (Phi) is 3.40. The molecule has 4 nitrogen and oxygen atoms in total. The first kappa shape index (κ1) is 12.4. The van der Waals surface area contributed by atoms with E-state index in [0.29, 0.717) is 31.8 Å². The highest BCUT2D eigenvalue weighted by molar-refractivity contribution is 5.80. The number of likely N-dealkylation sites (tertiary alicyclic amines) is 1. The number of aliphatic carboxylic acids is 1. The Labute approximate surface area is 102 Å². The number of carboxylic acids is 1. The van der Waals surface area contributed by atoms with Crippen LogP contribution in [0.5, 0.6) is 0 Å².